The molecule has 0 saturated carbocycles. The predicted octanol–water partition coefficient (Wildman–Crippen LogP) is 2.46. The Bertz CT molecular complexity index is 638. The van der Waals surface area contributed by atoms with Gasteiger partial charge < -0.3 is 10.1 Å². The molecule has 1 aliphatic rings. The second-order valence-electron chi connectivity index (χ2n) is 4.45. The lowest BCUT2D eigenvalue weighted by molar-refractivity contribution is -0.128. The van der Waals surface area contributed by atoms with Crippen molar-refractivity contribution in [3.63, 3.8) is 0 Å². The van der Waals surface area contributed by atoms with Crippen molar-refractivity contribution in [1.29, 1.82) is 0 Å². The first kappa shape index (κ1) is 16.4. The smallest absolute Gasteiger partial charge is 0.409 e. The first-order valence-corrected chi connectivity index (χ1v) is 7.12. The number of urea groups is 1. The highest BCUT2D eigenvalue weighted by atomic mass is 35.5. The van der Waals surface area contributed by atoms with Crippen LogP contribution in [0.3, 0.4) is 0 Å². The van der Waals surface area contributed by atoms with Crippen molar-refractivity contribution in [3.05, 3.63) is 28.2 Å². The fourth-order valence-electron chi connectivity index (χ4n) is 1.91. The highest BCUT2D eigenvalue weighted by Gasteiger charge is 2.46. The Hall–Kier alpha value is -1.99. The minimum absolute atomic E-state index is 0.204. The number of benzene rings is 1. The molecule has 0 aromatic heterocycles. The molecule has 1 atom stereocenters. The van der Waals surface area contributed by atoms with E-state index >= 15 is 0 Å². The molecule has 1 fully saturated rings. The number of carbonyl (C=O) groups excluding carboxylic acids is 3. The van der Waals surface area contributed by atoms with E-state index in [0.717, 1.165) is 9.80 Å². The van der Waals surface area contributed by atoms with Crippen molar-refractivity contribution < 1.29 is 19.1 Å². The number of nitrogens with one attached hydrogen (secondary N) is 1. The van der Waals surface area contributed by atoms with E-state index in [1.54, 1.807) is 6.92 Å². The summed E-state index contributed by atoms with van der Waals surface area (Å²) in [5.41, 5.74) is 0.248. The Morgan fingerprint density at radius 2 is 2.00 bits per heavy atom. The number of amides is 4. The lowest BCUT2D eigenvalue weighted by atomic mass is 10.3. The molecule has 118 valence electrons. The summed E-state index contributed by atoms with van der Waals surface area (Å²) in [6.07, 6.45) is -2.11. The number of hydrogen-bond donors (Lipinski definition) is 1. The number of imide groups is 1. The third-order valence-electron chi connectivity index (χ3n) is 2.98. The van der Waals surface area contributed by atoms with Crippen molar-refractivity contribution in [1.82, 2.24) is 10.2 Å². The zero-order chi connectivity index (χ0) is 16.4. The summed E-state index contributed by atoms with van der Waals surface area (Å²) in [6, 6.07) is 3.71. The van der Waals surface area contributed by atoms with Gasteiger partial charge in [-0.25, -0.2) is 14.5 Å². The molecule has 0 spiro atoms. The lowest BCUT2D eigenvalue weighted by Crippen LogP contribution is -2.39. The molecule has 2 rings (SSSR count). The quantitative estimate of drug-likeness (QED) is 0.853. The Kier molecular flexibility index (Phi) is 4.77. The molecule has 0 aliphatic carbocycles. The Labute approximate surface area is 136 Å². The van der Waals surface area contributed by atoms with Crippen molar-refractivity contribution in [3.8, 4) is 0 Å². The first-order chi connectivity index (χ1) is 10.4. The van der Waals surface area contributed by atoms with Gasteiger partial charge in [-0.3, -0.25) is 9.69 Å². The topological polar surface area (TPSA) is 79.0 Å². The number of alkyl carbamates (subject to hydrolysis) is 1. The number of hydrogen-bond acceptors (Lipinski definition) is 4. The van der Waals surface area contributed by atoms with E-state index in [4.69, 9.17) is 27.9 Å². The SMILES string of the molecule is CCNC(=O)OC1C(=O)N(c2ccc(Cl)c(Cl)c2)C(=O)N1C. The lowest BCUT2D eigenvalue weighted by Gasteiger charge is -2.16. The van der Waals surface area contributed by atoms with Gasteiger partial charge in [-0.05, 0) is 25.1 Å². The van der Waals surface area contributed by atoms with Gasteiger partial charge in [0.2, 0.25) is 0 Å². The zero-order valence-corrected chi connectivity index (χ0v) is 13.3. The van der Waals surface area contributed by atoms with Crippen LogP contribution in [-0.4, -0.2) is 42.8 Å². The minimum Gasteiger partial charge on any atom is -0.415 e. The van der Waals surface area contributed by atoms with Gasteiger partial charge in [0, 0.05) is 13.6 Å². The molecule has 4 amide bonds. The maximum atomic E-state index is 12.3. The zero-order valence-electron chi connectivity index (χ0n) is 11.8. The van der Waals surface area contributed by atoms with E-state index in [0.29, 0.717) is 11.6 Å². The van der Waals surface area contributed by atoms with Gasteiger partial charge in [0.15, 0.2) is 0 Å². The van der Waals surface area contributed by atoms with Crippen LogP contribution in [0, 0.1) is 0 Å². The molecular weight excluding hydrogens is 333 g/mol. The average molecular weight is 346 g/mol. The van der Waals surface area contributed by atoms with Crippen LogP contribution >= 0.6 is 23.2 Å². The van der Waals surface area contributed by atoms with E-state index < -0.39 is 24.3 Å². The van der Waals surface area contributed by atoms with Crippen molar-refractivity contribution in [2.45, 2.75) is 13.2 Å². The molecular formula is C13H13Cl2N3O4. The Morgan fingerprint density at radius 3 is 2.59 bits per heavy atom. The maximum Gasteiger partial charge on any atom is 0.409 e. The highest BCUT2D eigenvalue weighted by molar-refractivity contribution is 6.42. The van der Waals surface area contributed by atoms with Crippen LogP contribution in [-0.2, 0) is 9.53 Å². The first-order valence-electron chi connectivity index (χ1n) is 6.37. The summed E-state index contributed by atoms with van der Waals surface area (Å²) in [5.74, 6) is -0.683. The molecule has 1 aromatic carbocycles. The normalized spacial score (nSPS) is 17.9. The monoisotopic (exact) mass is 345 g/mol. The Balaban J connectivity index is 2.26. The fraction of sp³-hybridized carbons (Fsp3) is 0.308. The van der Waals surface area contributed by atoms with Crippen LogP contribution in [0.5, 0.6) is 0 Å². The molecule has 1 saturated heterocycles. The fourth-order valence-corrected chi connectivity index (χ4v) is 2.20. The molecule has 0 radical (unpaired) electrons. The van der Waals surface area contributed by atoms with Crippen molar-refractivity contribution >= 4 is 46.9 Å². The number of carbonyl (C=O) groups is 3. The summed E-state index contributed by atoms with van der Waals surface area (Å²) >= 11 is 11.7. The summed E-state index contributed by atoms with van der Waals surface area (Å²) in [7, 11) is 1.36. The van der Waals surface area contributed by atoms with Crippen LogP contribution in [0.15, 0.2) is 18.2 Å². The van der Waals surface area contributed by atoms with Gasteiger partial charge in [0.1, 0.15) is 0 Å². The molecule has 22 heavy (non-hydrogen) atoms. The summed E-state index contributed by atoms with van der Waals surface area (Å²) in [5, 5.41) is 2.89. The average Bonchev–Trinajstić information content (AvgIpc) is 2.67. The van der Waals surface area contributed by atoms with Gasteiger partial charge in [0.25, 0.3) is 12.1 Å². The number of ether oxygens (including phenoxy) is 1. The highest BCUT2D eigenvalue weighted by Crippen LogP contribution is 2.30. The molecule has 1 aromatic rings. The van der Waals surface area contributed by atoms with Gasteiger partial charge in [-0.15, -0.1) is 0 Å². The number of rotatable bonds is 3. The molecule has 9 heteroatoms. The molecule has 1 aliphatic heterocycles. The maximum absolute atomic E-state index is 12.3. The molecule has 1 N–H and O–H groups in total. The van der Waals surface area contributed by atoms with E-state index in [2.05, 4.69) is 5.32 Å². The van der Waals surface area contributed by atoms with Crippen molar-refractivity contribution in [2.75, 3.05) is 18.5 Å². The molecule has 0 bridgehead atoms. The second kappa shape index (κ2) is 6.41. The third kappa shape index (κ3) is 2.95. The molecule has 7 nitrogen and oxygen atoms in total. The number of anilines is 1. The third-order valence-corrected chi connectivity index (χ3v) is 3.72. The molecule has 1 unspecified atom stereocenters. The van der Waals surface area contributed by atoms with Crippen LogP contribution in [0.25, 0.3) is 0 Å². The van der Waals surface area contributed by atoms with Crippen LogP contribution < -0.4 is 10.2 Å². The van der Waals surface area contributed by atoms with Crippen LogP contribution in [0.2, 0.25) is 10.0 Å². The summed E-state index contributed by atoms with van der Waals surface area (Å²) in [6.45, 7) is 2.04. The van der Waals surface area contributed by atoms with E-state index in [9.17, 15) is 14.4 Å². The van der Waals surface area contributed by atoms with Crippen molar-refractivity contribution in [2.24, 2.45) is 0 Å². The van der Waals surface area contributed by atoms with Gasteiger partial charge in [0.05, 0.1) is 15.7 Å². The van der Waals surface area contributed by atoms with Gasteiger partial charge in [-0.1, -0.05) is 23.2 Å². The van der Waals surface area contributed by atoms with Gasteiger partial charge in [-0.2, -0.15) is 0 Å². The van der Waals surface area contributed by atoms with Crippen LogP contribution in [0.1, 0.15) is 6.92 Å². The van der Waals surface area contributed by atoms with E-state index in [-0.39, 0.29) is 10.7 Å². The summed E-state index contributed by atoms with van der Waals surface area (Å²) < 4.78 is 4.96. The summed E-state index contributed by atoms with van der Waals surface area (Å²) in [4.78, 5) is 37.9. The number of likely N-dealkylation sites (N-methyl/N-ethyl adjacent to an activating group) is 1. The Morgan fingerprint density at radius 1 is 1.32 bits per heavy atom. The second-order valence-corrected chi connectivity index (χ2v) is 5.27. The number of nitrogens with zero attached hydrogens (tertiary/aromatic N) is 2. The van der Waals surface area contributed by atoms with E-state index in [1.807, 2.05) is 0 Å². The van der Waals surface area contributed by atoms with Crippen LogP contribution in [0.4, 0.5) is 15.3 Å². The van der Waals surface area contributed by atoms with E-state index in [1.165, 1.54) is 25.2 Å². The van der Waals surface area contributed by atoms with Gasteiger partial charge >= 0.3 is 12.1 Å². The predicted molar refractivity (Wildman–Crippen MR) is 81.1 cm³/mol. The molecule has 1 heterocycles. The largest absolute Gasteiger partial charge is 0.415 e. The standard InChI is InChI=1S/C13H13Cl2N3O4/c1-3-16-12(20)22-11-10(19)18(13(21)17(11)2)7-4-5-8(14)9(15)6-7/h4-6,11H,3H2,1-2H3,(H,16,20). The minimum atomic E-state index is -1.33. The number of halogens is 2.